The average molecular weight is 372 g/mol. The van der Waals surface area contributed by atoms with E-state index in [1.165, 1.54) is 12.1 Å². The minimum Gasteiger partial charge on any atom is -0.384 e. The first-order valence-electron chi connectivity index (χ1n) is 8.73. The maximum atomic E-state index is 13.5. The van der Waals surface area contributed by atoms with Gasteiger partial charge in [0.25, 0.3) is 0 Å². The lowest BCUT2D eigenvalue weighted by molar-refractivity contribution is 0.350. The number of pyridine rings is 1. The van der Waals surface area contributed by atoms with Gasteiger partial charge in [-0.15, -0.1) is 5.10 Å². The Morgan fingerprint density at radius 3 is 2.43 bits per heavy atom. The number of rotatable bonds is 2. The molecule has 0 unspecified atom stereocenters. The zero-order valence-electron chi connectivity index (χ0n) is 15.4. The van der Waals surface area contributed by atoms with Crippen LogP contribution in [0.5, 0.6) is 0 Å². The van der Waals surface area contributed by atoms with Crippen molar-refractivity contribution in [3.05, 3.63) is 66.0 Å². The average Bonchev–Trinajstić information content (AvgIpc) is 3.03. The molecule has 0 spiro atoms. The van der Waals surface area contributed by atoms with Crippen molar-refractivity contribution in [1.29, 1.82) is 0 Å². The van der Waals surface area contributed by atoms with Crippen molar-refractivity contribution in [1.82, 2.24) is 19.7 Å². The second-order valence-corrected chi connectivity index (χ2v) is 6.34. The smallest absolute Gasteiger partial charge is 0.146 e. The van der Waals surface area contributed by atoms with Crippen LogP contribution in [0.4, 0.5) is 4.39 Å². The van der Waals surface area contributed by atoms with Gasteiger partial charge in [0, 0.05) is 30.4 Å². The molecular formula is C22H17FN4O. The lowest BCUT2D eigenvalue weighted by Gasteiger charge is -2.09. The van der Waals surface area contributed by atoms with Gasteiger partial charge in [0.05, 0.1) is 16.9 Å². The molecule has 6 heteroatoms. The molecule has 3 heterocycles. The van der Waals surface area contributed by atoms with Crippen molar-refractivity contribution < 1.29 is 9.50 Å². The summed E-state index contributed by atoms with van der Waals surface area (Å²) in [5.41, 5.74) is 5.79. The quantitative estimate of drug-likeness (QED) is 0.547. The molecule has 138 valence electrons. The molecular weight excluding hydrogens is 355 g/mol. The van der Waals surface area contributed by atoms with Crippen LogP contribution in [0.15, 0.2) is 48.8 Å². The monoisotopic (exact) mass is 372 g/mol. The molecule has 0 aliphatic rings. The standard InChI is InChI=1S/C22H17FN4O/c1-14-21-20(18(26-25-14)4-3-13-28)19(15-9-11-24-12-10-15)22(27(21)2)16-5-7-17(23)8-6-16/h5-12,28H,13H2,1-2H3. The molecule has 0 bridgehead atoms. The van der Waals surface area contributed by atoms with Gasteiger partial charge in [-0.3, -0.25) is 4.98 Å². The van der Waals surface area contributed by atoms with Crippen molar-refractivity contribution in [2.45, 2.75) is 6.92 Å². The fourth-order valence-electron chi connectivity index (χ4n) is 3.52. The molecule has 3 aromatic heterocycles. The molecule has 5 nitrogen and oxygen atoms in total. The second kappa shape index (κ2) is 7.22. The topological polar surface area (TPSA) is 63.8 Å². The minimum absolute atomic E-state index is 0.265. The van der Waals surface area contributed by atoms with E-state index in [1.807, 2.05) is 30.7 Å². The van der Waals surface area contributed by atoms with E-state index >= 15 is 0 Å². The van der Waals surface area contributed by atoms with Crippen LogP contribution in [0.25, 0.3) is 33.3 Å². The molecule has 0 radical (unpaired) electrons. The number of aromatic nitrogens is 4. The number of fused-ring (bicyclic) bond motifs is 1. The molecule has 1 N–H and O–H groups in total. The Hall–Kier alpha value is -3.56. The summed E-state index contributed by atoms with van der Waals surface area (Å²) in [6, 6.07) is 10.2. The van der Waals surface area contributed by atoms with Gasteiger partial charge in [-0.25, -0.2) is 4.39 Å². The first kappa shape index (κ1) is 17.8. The van der Waals surface area contributed by atoms with Crippen LogP contribution >= 0.6 is 0 Å². The molecule has 28 heavy (non-hydrogen) atoms. The SMILES string of the molecule is Cc1nnc(C#CCO)c2c(-c3ccncc3)c(-c3ccc(F)cc3)n(C)c12. The van der Waals surface area contributed by atoms with Gasteiger partial charge in [0.2, 0.25) is 0 Å². The highest BCUT2D eigenvalue weighted by Gasteiger charge is 2.23. The Balaban J connectivity index is 2.18. The number of hydrogen-bond acceptors (Lipinski definition) is 4. The summed E-state index contributed by atoms with van der Waals surface area (Å²) in [5.74, 6) is 5.29. The van der Waals surface area contributed by atoms with Crippen molar-refractivity contribution in [3.63, 3.8) is 0 Å². The molecule has 4 rings (SSSR count). The third kappa shape index (κ3) is 2.92. The maximum Gasteiger partial charge on any atom is 0.146 e. The number of hydrogen-bond donors (Lipinski definition) is 1. The Morgan fingerprint density at radius 2 is 1.75 bits per heavy atom. The van der Waals surface area contributed by atoms with E-state index in [9.17, 15) is 4.39 Å². The lowest BCUT2D eigenvalue weighted by Crippen LogP contribution is -1.98. The molecule has 0 aliphatic heterocycles. The predicted octanol–water partition coefficient (Wildman–Crippen LogP) is 3.49. The molecule has 1 aromatic carbocycles. The van der Waals surface area contributed by atoms with Crippen molar-refractivity contribution in [2.24, 2.45) is 7.05 Å². The predicted molar refractivity (Wildman–Crippen MR) is 106 cm³/mol. The van der Waals surface area contributed by atoms with Crippen LogP contribution in [0.3, 0.4) is 0 Å². The molecule has 0 saturated heterocycles. The largest absolute Gasteiger partial charge is 0.384 e. The van der Waals surface area contributed by atoms with Crippen LogP contribution in [0, 0.1) is 24.6 Å². The number of halogens is 1. The minimum atomic E-state index is -0.290. The van der Waals surface area contributed by atoms with E-state index in [0.717, 1.165) is 39.0 Å². The Bertz CT molecular complexity index is 1220. The fourth-order valence-corrected chi connectivity index (χ4v) is 3.52. The number of aliphatic hydroxyl groups excluding tert-OH is 1. The van der Waals surface area contributed by atoms with Crippen LogP contribution in [-0.4, -0.2) is 31.5 Å². The first-order chi connectivity index (χ1) is 13.6. The van der Waals surface area contributed by atoms with Gasteiger partial charge < -0.3 is 9.67 Å². The summed E-state index contributed by atoms with van der Waals surface area (Å²) in [5, 5.41) is 18.5. The fraction of sp³-hybridized carbons (Fsp3) is 0.136. The second-order valence-electron chi connectivity index (χ2n) is 6.34. The van der Waals surface area contributed by atoms with Crippen LogP contribution < -0.4 is 0 Å². The van der Waals surface area contributed by atoms with E-state index < -0.39 is 0 Å². The molecule has 0 atom stereocenters. The van der Waals surface area contributed by atoms with Crippen LogP contribution in [-0.2, 0) is 7.05 Å². The normalized spacial score (nSPS) is 10.7. The summed E-state index contributed by atoms with van der Waals surface area (Å²) in [6.07, 6.45) is 3.45. The third-order valence-corrected chi connectivity index (χ3v) is 4.65. The van der Waals surface area contributed by atoms with Crippen LogP contribution in [0.1, 0.15) is 11.4 Å². The summed E-state index contributed by atoms with van der Waals surface area (Å²) in [7, 11) is 1.95. The Labute approximate surface area is 161 Å². The van der Waals surface area contributed by atoms with E-state index in [0.29, 0.717) is 5.69 Å². The van der Waals surface area contributed by atoms with Gasteiger partial charge in [-0.05, 0) is 60.4 Å². The van der Waals surface area contributed by atoms with Gasteiger partial charge >= 0.3 is 0 Å². The van der Waals surface area contributed by atoms with E-state index in [-0.39, 0.29) is 12.4 Å². The van der Waals surface area contributed by atoms with Crippen molar-refractivity contribution >= 4 is 10.9 Å². The molecule has 0 aliphatic carbocycles. The van der Waals surface area contributed by atoms with Crippen LogP contribution in [0.2, 0.25) is 0 Å². The highest BCUT2D eigenvalue weighted by molar-refractivity contribution is 6.07. The summed E-state index contributed by atoms with van der Waals surface area (Å²) < 4.78 is 15.6. The highest BCUT2D eigenvalue weighted by Crippen LogP contribution is 2.41. The molecule has 0 amide bonds. The number of nitrogens with zero attached hydrogens (tertiary/aromatic N) is 4. The van der Waals surface area contributed by atoms with E-state index in [2.05, 4.69) is 27.0 Å². The van der Waals surface area contributed by atoms with Crippen molar-refractivity contribution in [2.75, 3.05) is 6.61 Å². The summed E-state index contributed by atoms with van der Waals surface area (Å²) in [6.45, 7) is 1.63. The number of aryl methyl sites for hydroxylation is 2. The maximum absolute atomic E-state index is 13.5. The van der Waals surface area contributed by atoms with Gasteiger partial charge in [-0.2, -0.15) is 5.10 Å². The van der Waals surface area contributed by atoms with Gasteiger partial charge in [-0.1, -0.05) is 5.92 Å². The zero-order valence-corrected chi connectivity index (χ0v) is 15.4. The first-order valence-corrected chi connectivity index (χ1v) is 8.73. The zero-order chi connectivity index (χ0) is 19.7. The van der Waals surface area contributed by atoms with Gasteiger partial charge in [0.1, 0.15) is 18.1 Å². The lowest BCUT2D eigenvalue weighted by atomic mass is 9.98. The van der Waals surface area contributed by atoms with Gasteiger partial charge in [0.15, 0.2) is 0 Å². The molecule has 4 aromatic rings. The third-order valence-electron chi connectivity index (χ3n) is 4.65. The molecule has 0 saturated carbocycles. The van der Waals surface area contributed by atoms with E-state index in [4.69, 9.17) is 5.11 Å². The summed E-state index contributed by atoms with van der Waals surface area (Å²) in [4.78, 5) is 4.12. The highest BCUT2D eigenvalue weighted by atomic mass is 19.1. The van der Waals surface area contributed by atoms with Crippen molar-refractivity contribution in [3.8, 4) is 34.2 Å². The van der Waals surface area contributed by atoms with E-state index in [1.54, 1.807) is 24.5 Å². The Kier molecular flexibility index (Phi) is 4.60. The number of aliphatic hydroxyl groups is 1. The summed E-state index contributed by atoms with van der Waals surface area (Å²) >= 11 is 0. The molecule has 0 fully saturated rings. The number of benzene rings is 1. The Morgan fingerprint density at radius 1 is 1.04 bits per heavy atom.